The zero-order valence-electron chi connectivity index (χ0n) is 8.27. The standard InChI is InChI=1S/C8H17NO4S/c1-12-8(11)7(9)6-14-5-4-13-3-2-10/h7,10H,2-6,9H2,1H3. The van der Waals surface area contributed by atoms with Gasteiger partial charge in [-0.15, -0.1) is 0 Å². The number of ether oxygens (including phenoxy) is 2. The maximum atomic E-state index is 10.9. The Labute approximate surface area is 87.9 Å². The lowest BCUT2D eigenvalue weighted by atomic mass is 10.4. The van der Waals surface area contributed by atoms with E-state index in [-0.39, 0.29) is 6.61 Å². The number of nitrogens with two attached hydrogens (primary N) is 1. The van der Waals surface area contributed by atoms with Crippen molar-refractivity contribution >= 4 is 17.7 Å². The second kappa shape index (κ2) is 9.26. The molecular weight excluding hydrogens is 206 g/mol. The normalized spacial score (nSPS) is 12.5. The Kier molecular flexibility index (Phi) is 9.06. The van der Waals surface area contributed by atoms with Crippen molar-refractivity contribution in [2.45, 2.75) is 6.04 Å². The molecule has 0 radical (unpaired) electrons. The molecule has 0 aliphatic heterocycles. The molecule has 0 aliphatic carbocycles. The number of aliphatic hydroxyl groups is 1. The summed E-state index contributed by atoms with van der Waals surface area (Å²) >= 11 is 1.52. The molecule has 1 unspecified atom stereocenters. The Morgan fingerprint density at radius 1 is 1.57 bits per heavy atom. The first-order chi connectivity index (χ1) is 6.72. The Hall–Kier alpha value is -0.300. The Morgan fingerprint density at radius 2 is 2.29 bits per heavy atom. The Bertz CT molecular complexity index is 156. The molecule has 0 aliphatic rings. The van der Waals surface area contributed by atoms with E-state index in [0.29, 0.717) is 19.0 Å². The molecule has 14 heavy (non-hydrogen) atoms. The van der Waals surface area contributed by atoms with E-state index in [1.165, 1.54) is 18.9 Å². The lowest BCUT2D eigenvalue weighted by Gasteiger charge is -2.08. The summed E-state index contributed by atoms with van der Waals surface area (Å²) in [6, 6.07) is -0.567. The molecule has 0 saturated heterocycles. The quantitative estimate of drug-likeness (QED) is 0.415. The van der Waals surface area contributed by atoms with Crippen molar-refractivity contribution in [2.75, 3.05) is 38.4 Å². The second-order valence-corrected chi connectivity index (χ2v) is 3.69. The molecule has 0 heterocycles. The van der Waals surface area contributed by atoms with Gasteiger partial charge >= 0.3 is 5.97 Å². The van der Waals surface area contributed by atoms with Gasteiger partial charge in [0.1, 0.15) is 6.04 Å². The van der Waals surface area contributed by atoms with E-state index in [1.807, 2.05) is 0 Å². The summed E-state index contributed by atoms with van der Waals surface area (Å²) in [5.41, 5.74) is 5.49. The van der Waals surface area contributed by atoms with Crippen molar-refractivity contribution in [1.29, 1.82) is 0 Å². The number of aliphatic hydroxyl groups excluding tert-OH is 1. The molecule has 0 fully saturated rings. The van der Waals surface area contributed by atoms with Gasteiger partial charge in [-0.2, -0.15) is 11.8 Å². The van der Waals surface area contributed by atoms with Crippen molar-refractivity contribution in [3.63, 3.8) is 0 Å². The number of esters is 1. The van der Waals surface area contributed by atoms with Crippen LogP contribution in [0.2, 0.25) is 0 Å². The molecular formula is C8H17NO4S. The predicted octanol–water partition coefficient (Wildman–Crippen LogP) is -0.771. The maximum Gasteiger partial charge on any atom is 0.323 e. The van der Waals surface area contributed by atoms with Crippen molar-refractivity contribution in [2.24, 2.45) is 5.73 Å². The Morgan fingerprint density at radius 3 is 2.86 bits per heavy atom. The number of hydrogen-bond acceptors (Lipinski definition) is 6. The van der Waals surface area contributed by atoms with E-state index >= 15 is 0 Å². The van der Waals surface area contributed by atoms with Gasteiger partial charge in [0, 0.05) is 11.5 Å². The minimum atomic E-state index is -0.567. The highest BCUT2D eigenvalue weighted by Gasteiger charge is 2.12. The summed E-state index contributed by atoms with van der Waals surface area (Å²) in [7, 11) is 1.32. The maximum absolute atomic E-state index is 10.9. The molecule has 6 heteroatoms. The van der Waals surface area contributed by atoms with Crippen LogP contribution in [0.4, 0.5) is 0 Å². The molecule has 0 aromatic carbocycles. The van der Waals surface area contributed by atoms with Gasteiger partial charge in [-0.3, -0.25) is 4.79 Å². The van der Waals surface area contributed by atoms with Gasteiger partial charge in [-0.25, -0.2) is 0 Å². The zero-order chi connectivity index (χ0) is 10.8. The summed E-state index contributed by atoms with van der Waals surface area (Å²) in [5, 5.41) is 8.40. The summed E-state index contributed by atoms with van der Waals surface area (Å²) in [5.74, 6) is 0.883. The fourth-order valence-electron chi connectivity index (χ4n) is 0.714. The van der Waals surface area contributed by atoms with Crippen LogP contribution in [0.15, 0.2) is 0 Å². The highest BCUT2D eigenvalue weighted by Crippen LogP contribution is 2.02. The third-order valence-corrected chi connectivity index (χ3v) is 2.46. The minimum Gasteiger partial charge on any atom is -0.468 e. The predicted molar refractivity (Wildman–Crippen MR) is 55.2 cm³/mol. The van der Waals surface area contributed by atoms with Gasteiger partial charge in [-0.05, 0) is 0 Å². The molecule has 84 valence electrons. The molecule has 0 rings (SSSR count). The topological polar surface area (TPSA) is 81.8 Å². The van der Waals surface area contributed by atoms with Gasteiger partial charge in [0.2, 0.25) is 0 Å². The lowest BCUT2D eigenvalue weighted by Crippen LogP contribution is -2.34. The SMILES string of the molecule is COC(=O)C(N)CSCCOCCO. The number of carbonyl (C=O) groups is 1. The monoisotopic (exact) mass is 223 g/mol. The number of methoxy groups -OCH3 is 1. The van der Waals surface area contributed by atoms with Crippen molar-refractivity contribution in [3.8, 4) is 0 Å². The molecule has 3 N–H and O–H groups in total. The number of hydrogen-bond donors (Lipinski definition) is 2. The van der Waals surface area contributed by atoms with Gasteiger partial charge in [0.25, 0.3) is 0 Å². The summed E-state index contributed by atoms with van der Waals surface area (Å²) in [4.78, 5) is 10.9. The van der Waals surface area contributed by atoms with Crippen molar-refractivity contribution in [3.05, 3.63) is 0 Å². The van der Waals surface area contributed by atoms with E-state index in [4.69, 9.17) is 15.6 Å². The molecule has 0 saturated carbocycles. The summed E-state index contributed by atoms with van der Waals surface area (Å²) in [6.45, 7) is 0.940. The first-order valence-electron chi connectivity index (χ1n) is 4.32. The van der Waals surface area contributed by atoms with Gasteiger partial charge in [0.15, 0.2) is 0 Å². The van der Waals surface area contributed by atoms with E-state index in [9.17, 15) is 4.79 Å². The van der Waals surface area contributed by atoms with E-state index in [2.05, 4.69) is 4.74 Å². The van der Waals surface area contributed by atoms with Crippen LogP contribution < -0.4 is 5.73 Å². The molecule has 0 aromatic rings. The average molecular weight is 223 g/mol. The van der Waals surface area contributed by atoms with E-state index < -0.39 is 12.0 Å². The van der Waals surface area contributed by atoms with Gasteiger partial charge in [0.05, 0.1) is 26.9 Å². The third kappa shape index (κ3) is 7.14. The molecule has 1 atom stereocenters. The smallest absolute Gasteiger partial charge is 0.323 e. The molecule has 0 bridgehead atoms. The van der Waals surface area contributed by atoms with Crippen LogP contribution in [0.5, 0.6) is 0 Å². The number of thioether (sulfide) groups is 1. The summed E-state index contributed by atoms with van der Waals surface area (Å²) in [6.07, 6.45) is 0. The van der Waals surface area contributed by atoms with Crippen LogP contribution >= 0.6 is 11.8 Å². The van der Waals surface area contributed by atoms with Crippen LogP contribution in [-0.4, -0.2) is 55.6 Å². The molecule has 0 amide bonds. The average Bonchev–Trinajstić information content (AvgIpc) is 2.21. The van der Waals surface area contributed by atoms with Crippen molar-refractivity contribution < 1.29 is 19.4 Å². The Balaban J connectivity index is 3.23. The highest BCUT2D eigenvalue weighted by molar-refractivity contribution is 7.99. The first kappa shape index (κ1) is 13.7. The van der Waals surface area contributed by atoms with Crippen LogP contribution in [-0.2, 0) is 14.3 Å². The minimum absolute atomic E-state index is 0.0341. The molecule has 0 spiro atoms. The van der Waals surface area contributed by atoms with E-state index in [1.54, 1.807) is 0 Å². The highest BCUT2D eigenvalue weighted by atomic mass is 32.2. The summed E-state index contributed by atoms with van der Waals surface area (Å²) < 4.78 is 9.49. The fraction of sp³-hybridized carbons (Fsp3) is 0.875. The molecule has 0 aromatic heterocycles. The van der Waals surface area contributed by atoms with Crippen LogP contribution in [0.25, 0.3) is 0 Å². The van der Waals surface area contributed by atoms with Crippen molar-refractivity contribution in [1.82, 2.24) is 0 Å². The third-order valence-electron chi connectivity index (χ3n) is 1.41. The van der Waals surface area contributed by atoms with Crippen LogP contribution in [0.1, 0.15) is 0 Å². The zero-order valence-corrected chi connectivity index (χ0v) is 9.09. The second-order valence-electron chi connectivity index (χ2n) is 2.54. The van der Waals surface area contributed by atoms with Crippen LogP contribution in [0.3, 0.4) is 0 Å². The van der Waals surface area contributed by atoms with Gasteiger partial charge < -0.3 is 20.3 Å². The first-order valence-corrected chi connectivity index (χ1v) is 5.47. The van der Waals surface area contributed by atoms with E-state index in [0.717, 1.165) is 5.75 Å². The molecule has 5 nitrogen and oxygen atoms in total. The number of rotatable bonds is 8. The number of carbonyl (C=O) groups excluding carboxylic acids is 1. The fourth-order valence-corrected chi connectivity index (χ4v) is 1.51. The lowest BCUT2D eigenvalue weighted by molar-refractivity contribution is -0.141. The van der Waals surface area contributed by atoms with Crippen LogP contribution in [0, 0.1) is 0 Å². The van der Waals surface area contributed by atoms with Gasteiger partial charge in [-0.1, -0.05) is 0 Å². The largest absolute Gasteiger partial charge is 0.468 e.